The molecule has 2 aromatic heterocycles. The van der Waals surface area contributed by atoms with Crippen LogP contribution in [0, 0.1) is 0 Å². The lowest BCUT2D eigenvalue weighted by molar-refractivity contribution is -0.116. The maximum absolute atomic E-state index is 12.4. The van der Waals surface area contributed by atoms with Gasteiger partial charge < -0.3 is 10.6 Å². The van der Waals surface area contributed by atoms with Gasteiger partial charge in [-0.2, -0.15) is 5.10 Å². The Bertz CT molecular complexity index is 1300. The standard InChI is InChI=1S/C23H19N5O3/c29-21-15-25-28(20-7-2-1-6-19(20)21)13-10-22(30)26-17-4-3-5-18(14-17)27-23(31)16-8-11-24-12-9-16/h1-9,11-12,14-15H,10,13H2,(H,26,30)(H,27,31). The van der Waals surface area contributed by atoms with Crippen LogP contribution in [0.2, 0.25) is 0 Å². The second-order valence-corrected chi connectivity index (χ2v) is 6.82. The molecule has 0 atom stereocenters. The zero-order valence-corrected chi connectivity index (χ0v) is 16.5. The Labute approximate surface area is 177 Å². The predicted molar refractivity (Wildman–Crippen MR) is 118 cm³/mol. The quantitative estimate of drug-likeness (QED) is 0.505. The molecular formula is C23H19N5O3. The molecule has 0 aliphatic rings. The number of fused-ring (bicyclic) bond motifs is 1. The van der Waals surface area contributed by atoms with Crippen LogP contribution < -0.4 is 16.1 Å². The van der Waals surface area contributed by atoms with Gasteiger partial charge >= 0.3 is 0 Å². The van der Waals surface area contributed by atoms with Crippen molar-refractivity contribution in [3.63, 3.8) is 0 Å². The van der Waals surface area contributed by atoms with Crippen LogP contribution in [0.4, 0.5) is 11.4 Å². The maximum Gasteiger partial charge on any atom is 0.255 e. The van der Waals surface area contributed by atoms with Crippen LogP contribution in [0.15, 0.2) is 84.0 Å². The van der Waals surface area contributed by atoms with Crippen LogP contribution in [-0.4, -0.2) is 26.6 Å². The number of nitrogens with zero attached hydrogens (tertiary/aromatic N) is 3. The van der Waals surface area contributed by atoms with Crippen molar-refractivity contribution < 1.29 is 9.59 Å². The Kier molecular flexibility index (Phi) is 5.79. The first-order chi connectivity index (χ1) is 15.1. The normalized spacial score (nSPS) is 10.6. The topological polar surface area (TPSA) is 106 Å². The number of anilines is 2. The van der Waals surface area contributed by atoms with Gasteiger partial charge in [-0.1, -0.05) is 18.2 Å². The zero-order valence-electron chi connectivity index (χ0n) is 16.5. The van der Waals surface area contributed by atoms with Gasteiger partial charge in [-0.3, -0.25) is 24.0 Å². The summed E-state index contributed by atoms with van der Waals surface area (Å²) in [6.07, 6.45) is 4.53. The molecule has 2 heterocycles. The molecule has 4 rings (SSSR count). The number of nitrogens with one attached hydrogen (secondary N) is 2. The summed E-state index contributed by atoms with van der Waals surface area (Å²) >= 11 is 0. The van der Waals surface area contributed by atoms with Crippen LogP contribution in [0.25, 0.3) is 10.9 Å². The van der Waals surface area contributed by atoms with Crippen molar-refractivity contribution in [2.75, 3.05) is 10.6 Å². The Morgan fingerprint density at radius 2 is 1.65 bits per heavy atom. The predicted octanol–water partition coefficient (Wildman–Crippen LogP) is 3.07. The number of hydrogen-bond donors (Lipinski definition) is 2. The first kappa shape index (κ1) is 20.0. The second-order valence-electron chi connectivity index (χ2n) is 6.82. The van der Waals surface area contributed by atoms with E-state index in [2.05, 4.69) is 20.7 Å². The van der Waals surface area contributed by atoms with E-state index in [-0.39, 0.29) is 23.7 Å². The van der Waals surface area contributed by atoms with E-state index >= 15 is 0 Å². The molecule has 4 aromatic rings. The molecule has 2 aromatic carbocycles. The van der Waals surface area contributed by atoms with Gasteiger partial charge in [0, 0.05) is 41.1 Å². The molecule has 0 unspecified atom stereocenters. The number of benzene rings is 2. The third-order valence-corrected chi connectivity index (χ3v) is 4.66. The van der Waals surface area contributed by atoms with Crippen LogP contribution in [-0.2, 0) is 11.3 Å². The lowest BCUT2D eigenvalue weighted by atomic mass is 10.2. The van der Waals surface area contributed by atoms with Crippen molar-refractivity contribution in [1.82, 2.24) is 14.8 Å². The zero-order chi connectivity index (χ0) is 21.6. The molecule has 8 nitrogen and oxygen atoms in total. The summed E-state index contributed by atoms with van der Waals surface area (Å²) < 4.78 is 1.64. The maximum atomic E-state index is 12.4. The van der Waals surface area contributed by atoms with Crippen LogP contribution in [0.5, 0.6) is 0 Å². The number of pyridine rings is 1. The van der Waals surface area contributed by atoms with Gasteiger partial charge in [0.05, 0.1) is 18.3 Å². The Morgan fingerprint density at radius 1 is 0.903 bits per heavy atom. The molecular weight excluding hydrogens is 394 g/mol. The Balaban J connectivity index is 1.39. The van der Waals surface area contributed by atoms with Crippen LogP contribution >= 0.6 is 0 Å². The van der Waals surface area contributed by atoms with Gasteiger partial charge in [0.2, 0.25) is 11.3 Å². The van der Waals surface area contributed by atoms with Gasteiger partial charge in [-0.05, 0) is 42.5 Å². The molecule has 0 saturated heterocycles. The molecule has 0 aliphatic heterocycles. The summed E-state index contributed by atoms with van der Waals surface area (Å²) in [5.74, 6) is -0.468. The highest BCUT2D eigenvalue weighted by Crippen LogP contribution is 2.17. The van der Waals surface area contributed by atoms with Crippen molar-refractivity contribution in [3.05, 3.63) is 95.0 Å². The van der Waals surface area contributed by atoms with E-state index in [1.165, 1.54) is 6.20 Å². The summed E-state index contributed by atoms with van der Waals surface area (Å²) in [5.41, 5.74) is 2.15. The minimum atomic E-state index is -0.262. The fourth-order valence-corrected chi connectivity index (χ4v) is 3.15. The van der Waals surface area contributed by atoms with Crippen LogP contribution in [0.3, 0.4) is 0 Å². The van der Waals surface area contributed by atoms with E-state index in [4.69, 9.17) is 0 Å². The van der Waals surface area contributed by atoms with Crippen molar-refractivity contribution in [3.8, 4) is 0 Å². The summed E-state index contributed by atoms with van der Waals surface area (Å²) in [6.45, 7) is 0.324. The van der Waals surface area contributed by atoms with Crippen molar-refractivity contribution in [1.29, 1.82) is 0 Å². The van der Waals surface area contributed by atoms with E-state index in [1.807, 2.05) is 6.07 Å². The molecule has 31 heavy (non-hydrogen) atoms. The second kappa shape index (κ2) is 9.00. The lowest BCUT2D eigenvalue weighted by Gasteiger charge is -2.11. The largest absolute Gasteiger partial charge is 0.326 e. The van der Waals surface area contributed by atoms with E-state index < -0.39 is 0 Å². The minimum absolute atomic E-state index is 0.151. The van der Waals surface area contributed by atoms with Crippen LogP contribution in [0.1, 0.15) is 16.8 Å². The number of rotatable bonds is 6. The van der Waals surface area contributed by atoms with Gasteiger partial charge in [0.1, 0.15) is 0 Å². The molecule has 0 saturated carbocycles. The van der Waals surface area contributed by atoms with Crippen molar-refractivity contribution in [2.24, 2.45) is 0 Å². The average molecular weight is 413 g/mol. The number of para-hydroxylation sites is 1. The molecule has 0 bridgehead atoms. The van der Waals surface area contributed by atoms with Crippen molar-refractivity contribution >= 4 is 34.1 Å². The summed E-state index contributed by atoms with van der Waals surface area (Å²) in [4.78, 5) is 40.5. The highest BCUT2D eigenvalue weighted by atomic mass is 16.2. The fourth-order valence-electron chi connectivity index (χ4n) is 3.15. The summed E-state index contributed by atoms with van der Waals surface area (Å²) in [6, 6.07) is 17.3. The lowest BCUT2D eigenvalue weighted by Crippen LogP contribution is -2.18. The molecule has 0 fully saturated rings. The van der Waals surface area contributed by atoms with E-state index in [1.54, 1.807) is 71.7 Å². The molecule has 0 radical (unpaired) electrons. The number of carbonyl (C=O) groups excluding carboxylic acids is 2. The van der Waals surface area contributed by atoms with E-state index in [9.17, 15) is 14.4 Å². The fraction of sp³-hybridized carbons (Fsp3) is 0.0870. The van der Waals surface area contributed by atoms with Crippen molar-refractivity contribution in [2.45, 2.75) is 13.0 Å². The first-order valence-corrected chi connectivity index (χ1v) is 9.66. The summed E-state index contributed by atoms with van der Waals surface area (Å²) in [7, 11) is 0. The third kappa shape index (κ3) is 4.81. The minimum Gasteiger partial charge on any atom is -0.326 e. The number of hydrogen-bond acceptors (Lipinski definition) is 5. The highest BCUT2D eigenvalue weighted by Gasteiger charge is 2.09. The van der Waals surface area contributed by atoms with E-state index in [0.717, 1.165) is 0 Å². The smallest absolute Gasteiger partial charge is 0.255 e. The van der Waals surface area contributed by atoms with E-state index in [0.29, 0.717) is 34.4 Å². The number of aryl methyl sites for hydroxylation is 1. The molecule has 0 spiro atoms. The SMILES string of the molecule is O=C(CCn1ncc(=O)c2ccccc21)Nc1cccc(NC(=O)c2ccncc2)c1. The first-order valence-electron chi connectivity index (χ1n) is 9.66. The average Bonchev–Trinajstić information content (AvgIpc) is 2.80. The Morgan fingerprint density at radius 3 is 2.45 bits per heavy atom. The number of carbonyl (C=O) groups is 2. The van der Waals surface area contributed by atoms with Gasteiger partial charge in [0.25, 0.3) is 5.91 Å². The monoisotopic (exact) mass is 413 g/mol. The molecule has 154 valence electrons. The van der Waals surface area contributed by atoms with Gasteiger partial charge in [-0.25, -0.2) is 0 Å². The third-order valence-electron chi connectivity index (χ3n) is 4.66. The van der Waals surface area contributed by atoms with Gasteiger partial charge in [0.15, 0.2) is 0 Å². The van der Waals surface area contributed by atoms with Gasteiger partial charge in [-0.15, -0.1) is 0 Å². The number of aromatic nitrogens is 3. The molecule has 2 amide bonds. The highest BCUT2D eigenvalue weighted by molar-refractivity contribution is 6.04. The molecule has 8 heteroatoms. The Hall–Kier alpha value is -4.33. The summed E-state index contributed by atoms with van der Waals surface area (Å²) in [5, 5.41) is 10.3. The molecule has 2 N–H and O–H groups in total. The number of amides is 2. The molecule has 0 aliphatic carbocycles.